The molecule has 0 rings (SSSR count). The lowest BCUT2D eigenvalue weighted by Gasteiger charge is -2.18. The maximum absolute atomic E-state index is 12.2. The van der Waals surface area contributed by atoms with Crippen molar-refractivity contribution in [1.82, 2.24) is 10.6 Å². The van der Waals surface area contributed by atoms with Crippen LogP contribution in [0.1, 0.15) is 125 Å². The minimum atomic E-state index is -0.922. The van der Waals surface area contributed by atoms with Gasteiger partial charge in [-0.15, -0.1) is 6.58 Å². The Labute approximate surface area is 302 Å². The van der Waals surface area contributed by atoms with Crippen LogP contribution in [0.15, 0.2) is 12.7 Å². The summed E-state index contributed by atoms with van der Waals surface area (Å²) < 4.78 is 0. The number of ketones is 2. The predicted molar refractivity (Wildman–Crippen MR) is 201 cm³/mol. The number of allylic oxidation sites excluding steroid dienone is 1. The molecule has 0 aromatic carbocycles. The number of amides is 4. The lowest BCUT2D eigenvalue weighted by Crippen LogP contribution is -2.43. The van der Waals surface area contributed by atoms with Gasteiger partial charge in [0.25, 0.3) is 0 Å². The molecule has 0 aliphatic rings. The highest BCUT2D eigenvalue weighted by Gasteiger charge is 2.25. The molecule has 0 bridgehead atoms. The molecule has 0 unspecified atom stereocenters. The first-order valence-electron chi connectivity index (χ1n) is 15.7. The highest BCUT2D eigenvalue weighted by molar-refractivity contribution is 8.51. The maximum Gasteiger partial charge on any atom is 0.303 e. The second-order valence-corrected chi connectivity index (χ2v) is 14.8. The van der Waals surface area contributed by atoms with Crippen LogP contribution in [-0.2, 0) is 73.7 Å². The Morgan fingerprint density at radius 3 is 1.40 bits per heavy atom. The number of carboxylic acids is 1. The molecule has 0 spiro atoms. The molecule has 0 aromatic rings. The van der Waals surface area contributed by atoms with Crippen LogP contribution in [0.4, 0.5) is 0 Å². The van der Waals surface area contributed by atoms with Crippen LogP contribution in [0.2, 0.25) is 0 Å². The number of carboxylic acid groups (broad SMARTS) is 1. The number of carbonyl (C=O) groups is 7. The van der Waals surface area contributed by atoms with E-state index in [-0.39, 0.29) is 68.3 Å². The minimum absolute atomic E-state index is 0. The Hall–Kier alpha value is -2.69. The van der Waals surface area contributed by atoms with Crippen molar-refractivity contribution in [2.45, 2.75) is 137 Å². The zero-order valence-corrected chi connectivity index (χ0v) is 31.4. The van der Waals surface area contributed by atoms with E-state index >= 15 is 0 Å². The summed E-state index contributed by atoms with van der Waals surface area (Å²) in [5.41, 5.74) is 10.3. The van der Waals surface area contributed by atoms with Crippen molar-refractivity contribution in [3.63, 3.8) is 0 Å². The summed E-state index contributed by atoms with van der Waals surface area (Å²) in [6, 6.07) is -1.72. The molecule has 16 heteroatoms. The Bertz CT molecular complexity index is 1090. The molecule has 0 aliphatic heterocycles. The number of nitrogens with one attached hydrogen (secondary N) is 2. The van der Waals surface area contributed by atoms with Gasteiger partial charge in [0.2, 0.25) is 23.6 Å². The topological polar surface area (TPSA) is 216 Å². The number of aliphatic carboxylic acids is 1. The van der Waals surface area contributed by atoms with Crippen molar-refractivity contribution in [1.29, 1.82) is 0 Å². The van der Waals surface area contributed by atoms with E-state index in [9.17, 15) is 33.6 Å². The molecule has 0 heterocycles. The van der Waals surface area contributed by atoms with E-state index in [2.05, 4.69) is 39.6 Å². The quantitative estimate of drug-likeness (QED) is 0.0901. The minimum Gasteiger partial charge on any atom is -0.481 e. The van der Waals surface area contributed by atoms with Crippen LogP contribution in [0.5, 0.6) is 0 Å². The Kier molecular flexibility index (Phi) is 37.1. The molecule has 4 atom stereocenters. The SMILES string of the molecule is C.C=CCC[C@H](C)CC(=O)[C@@H](CC(N)=O)NC(=O)CCCC.CCCCC(=O)N[C@H](CC(N)=O)C(=O)C[C@@H](C)CCC(=O)O.S=S=S=S. The van der Waals surface area contributed by atoms with E-state index in [1.807, 2.05) is 26.8 Å². The van der Waals surface area contributed by atoms with Crippen molar-refractivity contribution in [3.05, 3.63) is 12.7 Å². The van der Waals surface area contributed by atoms with E-state index in [1.54, 1.807) is 6.92 Å². The number of Topliss-reactive ketones (excluding diaryl/α,β-unsaturated/α-hetero) is 2. The molecule has 0 radical (unpaired) electrons. The van der Waals surface area contributed by atoms with Gasteiger partial charge in [0, 0.05) is 72.2 Å². The van der Waals surface area contributed by atoms with Gasteiger partial charge in [-0.2, -0.15) is 0 Å². The Balaban J connectivity index is -0.000000356. The lowest BCUT2D eigenvalue weighted by atomic mass is 9.94. The van der Waals surface area contributed by atoms with Gasteiger partial charge in [-0.05, 0) is 43.9 Å². The zero-order chi connectivity index (χ0) is 36.8. The number of hydrogen-bond acceptors (Lipinski definition) is 9. The summed E-state index contributed by atoms with van der Waals surface area (Å²) in [6.07, 6.45) is 7.84. The van der Waals surface area contributed by atoms with Crippen molar-refractivity contribution in [2.24, 2.45) is 23.3 Å². The van der Waals surface area contributed by atoms with Gasteiger partial charge in [-0.3, -0.25) is 33.6 Å². The highest BCUT2D eigenvalue weighted by atomic mass is 33.2. The smallest absolute Gasteiger partial charge is 0.303 e. The largest absolute Gasteiger partial charge is 0.481 e. The Morgan fingerprint density at radius 2 is 1.10 bits per heavy atom. The normalized spacial score (nSPS) is 12.2. The lowest BCUT2D eigenvalue weighted by molar-refractivity contribution is -0.137. The van der Waals surface area contributed by atoms with Crippen LogP contribution in [0, 0.1) is 11.8 Å². The third-order valence-electron chi connectivity index (χ3n) is 6.61. The number of hydrogen-bond donors (Lipinski definition) is 5. The first kappa shape index (κ1) is 52.1. The first-order chi connectivity index (χ1) is 22.1. The molecular formula is C32H58N4O8S4. The molecule has 0 fully saturated rings. The fraction of sp³-hybridized carbons (Fsp3) is 0.719. The van der Waals surface area contributed by atoms with Gasteiger partial charge >= 0.3 is 5.97 Å². The van der Waals surface area contributed by atoms with Gasteiger partial charge < -0.3 is 27.2 Å². The van der Waals surface area contributed by atoms with Gasteiger partial charge in [0.15, 0.2) is 11.6 Å². The predicted octanol–water partition coefficient (Wildman–Crippen LogP) is 3.72. The summed E-state index contributed by atoms with van der Waals surface area (Å²) in [4.78, 5) is 80.5. The van der Waals surface area contributed by atoms with E-state index in [4.69, 9.17) is 16.6 Å². The number of carbonyl (C=O) groups excluding carboxylic acids is 6. The maximum atomic E-state index is 12.2. The average molecular weight is 755 g/mol. The molecule has 0 aromatic heterocycles. The number of nitrogens with two attached hydrogens (primary N) is 2. The summed E-state index contributed by atoms with van der Waals surface area (Å²) in [5, 5.41) is 13.8. The van der Waals surface area contributed by atoms with Gasteiger partial charge in [-0.1, -0.05) is 54.0 Å². The van der Waals surface area contributed by atoms with E-state index in [1.165, 1.54) is 17.8 Å². The molecule has 7 N–H and O–H groups in total. The van der Waals surface area contributed by atoms with Gasteiger partial charge in [0.05, 0.1) is 24.9 Å². The first-order valence-corrected chi connectivity index (χ1v) is 19.7. The van der Waals surface area contributed by atoms with Crippen molar-refractivity contribution < 1.29 is 38.7 Å². The summed E-state index contributed by atoms with van der Waals surface area (Å²) in [6.45, 7) is 11.3. The molecule has 0 saturated carbocycles. The summed E-state index contributed by atoms with van der Waals surface area (Å²) >= 11 is 8.66. The van der Waals surface area contributed by atoms with E-state index < -0.39 is 29.9 Å². The number of unbranched alkanes of at least 4 members (excludes halogenated alkanes) is 2. The molecule has 48 heavy (non-hydrogen) atoms. The average Bonchev–Trinajstić information content (AvgIpc) is 3.00. The van der Waals surface area contributed by atoms with Crippen LogP contribution in [-0.4, -0.2) is 58.4 Å². The van der Waals surface area contributed by atoms with Crippen molar-refractivity contribution >= 4 is 81.3 Å². The monoisotopic (exact) mass is 754 g/mol. The number of rotatable bonds is 24. The second-order valence-electron chi connectivity index (χ2n) is 11.3. The molecule has 4 amide bonds. The van der Waals surface area contributed by atoms with E-state index in [0.717, 1.165) is 32.1 Å². The molecule has 0 aliphatic carbocycles. The molecular weight excluding hydrogens is 697 g/mol. The standard InChI is InChI=1S/C16H28N2O3.C15H26N2O5.CH4.S4/c1-4-6-8-12(3)10-14(19)13(11-15(17)20)18-16(21)9-7-5-2;1-3-4-5-14(20)17-11(9-13(16)19)12(18)8-10(2)6-7-15(21)22;;1-3-4-2/h4,12-13H,1,5-11H2,2-3H3,(H2,17,20)(H,18,21);10-11H,3-9H2,1-2H3,(H2,16,19)(H,17,20)(H,21,22);1H4;/t12-,13+;10-,11+;;/m00../s1. The van der Waals surface area contributed by atoms with Crippen molar-refractivity contribution in [2.75, 3.05) is 0 Å². The fourth-order valence-electron chi connectivity index (χ4n) is 4.05. The summed E-state index contributed by atoms with van der Waals surface area (Å²) in [5.74, 6) is -2.99. The molecule has 0 saturated heterocycles. The van der Waals surface area contributed by atoms with Crippen LogP contribution >= 0.6 is 0 Å². The van der Waals surface area contributed by atoms with E-state index in [0.29, 0.717) is 32.1 Å². The van der Waals surface area contributed by atoms with Gasteiger partial charge in [0.1, 0.15) is 0 Å². The number of primary amides is 2. The second kappa shape index (κ2) is 34.2. The zero-order valence-electron chi connectivity index (χ0n) is 28.1. The van der Waals surface area contributed by atoms with Crippen LogP contribution < -0.4 is 22.1 Å². The molecule has 12 nitrogen and oxygen atoms in total. The molecule has 278 valence electrons. The summed E-state index contributed by atoms with van der Waals surface area (Å²) in [7, 11) is 2.34. The highest BCUT2D eigenvalue weighted by Crippen LogP contribution is 2.14. The fourth-order valence-corrected chi connectivity index (χ4v) is 4.05. The third kappa shape index (κ3) is 34.6. The van der Waals surface area contributed by atoms with Crippen LogP contribution in [0.3, 0.4) is 0 Å². The van der Waals surface area contributed by atoms with Gasteiger partial charge in [-0.25, -0.2) is 0 Å². The third-order valence-corrected chi connectivity index (χ3v) is 8.84. The van der Waals surface area contributed by atoms with Crippen LogP contribution in [0.25, 0.3) is 0 Å². The Morgan fingerprint density at radius 1 is 0.729 bits per heavy atom. The van der Waals surface area contributed by atoms with Crippen molar-refractivity contribution in [3.8, 4) is 0 Å².